The number of sulfone groups is 1. The van der Waals surface area contributed by atoms with Crippen molar-refractivity contribution in [2.45, 2.75) is 23.6 Å². The molecule has 0 aliphatic carbocycles. The first-order chi connectivity index (χ1) is 19.1. The standard InChI is InChI=1S/C29H24F2N4O3S2/c1-3-40(37,38)23-8-4-18(5-9-23)24-13-20-12-19(6-10-26(20)34-29(24)32)21-14-27(17(2)33-16-21)35-39(36)28-11-7-22(30)15-25(28)31/h4-16,35H,3H2,1-2H3,(H2,32,34). The number of halogens is 2. The summed E-state index contributed by atoms with van der Waals surface area (Å²) >= 11 is 0. The molecule has 0 fully saturated rings. The molecule has 40 heavy (non-hydrogen) atoms. The largest absolute Gasteiger partial charge is 0.383 e. The van der Waals surface area contributed by atoms with Gasteiger partial charge in [0.1, 0.15) is 17.5 Å². The maximum Gasteiger partial charge on any atom is 0.178 e. The fourth-order valence-corrected chi connectivity index (χ4v) is 6.01. The van der Waals surface area contributed by atoms with Crippen molar-refractivity contribution < 1.29 is 21.4 Å². The Hall–Kier alpha value is -4.22. The molecule has 0 aliphatic heterocycles. The number of aryl methyl sites for hydroxylation is 1. The summed E-state index contributed by atoms with van der Waals surface area (Å²) in [5, 5.41) is 0.791. The summed E-state index contributed by atoms with van der Waals surface area (Å²) in [7, 11) is -5.30. The molecule has 0 amide bonds. The van der Waals surface area contributed by atoms with Crippen molar-refractivity contribution in [2.24, 2.45) is 0 Å². The van der Waals surface area contributed by atoms with Gasteiger partial charge >= 0.3 is 0 Å². The summed E-state index contributed by atoms with van der Waals surface area (Å²) < 4.78 is 67.3. The number of fused-ring (bicyclic) bond motifs is 1. The third-order valence-corrected chi connectivity index (χ3v) is 9.35. The fourth-order valence-electron chi connectivity index (χ4n) is 4.19. The number of hydrogen-bond donors (Lipinski definition) is 2. The minimum Gasteiger partial charge on any atom is -0.383 e. The zero-order valence-electron chi connectivity index (χ0n) is 21.5. The van der Waals surface area contributed by atoms with Crippen LogP contribution < -0.4 is 10.5 Å². The number of rotatable bonds is 7. The second kappa shape index (κ2) is 10.7. The Balaban J connectivity index is 1.48. The second-order valence-electron chi connectivity index (χ2n) is 9.06. The summed E-state index contributed by atoms with van der Waals surface area (Å²) in [4.78, 5) is 8.99. The Morgan fingerprint density at radius 2 is 1.65 bits per heavy atom. The van der Waals surface area contributed by atoms with Gasteiger partial charge in [0.05, 0.1) is 32.4 Å². The zero-order valence-corrected chi connectivity index (χ0v) is 23.1. The molecule has 5 rings (SSSR count). The van der Waals surface area contributed by atoms with E-state index in [1.807, 2.05) is 24.3 Å². The predicted octanol–water partition coefficient (Wildman–Crippen LogP) is 6.06. The molecule has 0 bridgehead atoms. The number of pyridine rings is 2. The lowest BCUT2D eigenvalue weighted by atomic mass is 10.0. The number of nitrogens with two attached hydrogens (primary N) is 1. The van der Waals surface area contributed by atoms with E-state index < -0.39 is 32.5 Å². The van der Waals surface area contributed by atoms with Crippen LogP contribution in [0.5, 0.6) is 0 Å². The van der Waals surface area contributed by atoms with Gasteiger partial charge in [-0.05, 0) is 66.6 Å². The van der Waals surface area contributed by atoms with Gasteiger partial charge in [-0.1, -0.05) is 25.1 Å². The third kappa shape index (κ3) is 5.43. The lowest BCUT2D eigenvalue weighted by Crippen LogP contribution is -2.09. The Morgan fingerprint density at radius 1 is 0.925 bits per heavy atom. The highest BCUT2D eigenvalue weighted by atomic mass is 32.2. The van der Waals surface area contributed by atoms with Gasteiger partial charge in [0.25, 0.3) is 0 Å². The van der Waals surface area contributed by atoms with Crippen molar-refractivity contribution >= 4 is 43.2 Å². The molecule has 11 heteroatoms. The molecular formula is C29H24F2N4O3S2. The van der Waals surface area contributed by atoms with Crippen LogP contribution in [-0.4, -0.2) is 28.3 Å². The highest BCUT2D eigenvalue weighted by Crippen LogP contribution is 2.32. The van der Waals surface area contributed by atoms with E-state index in [-0.39, 0.29) is 15.5 Å². The van der Waals surface area contributed by atoms with E-state index in [2.05, 4.69) is 14.7 Å². The molecule has 1 unspecified atom stereocenters. The lowest BCUT2D eigenvalue weighted by Gasteiger charge is -2.12. The van der Waals surface area contributed by atoms with Crippen molar-refractivity contribution in [1.82, 2.24) is 9.97 Å². The number of benzene rings is 3. The number of anilines is 2. The smallest absolute Gasteiger partial charge is 0.178 e. The Kier molecular flexibility index (Phi) is 7.35. The minimum absolute atomic E-state index is 0.0128. The number of hydrogen-bond acceptors (Lipinski definition) is 6. The summed E-state index contributed by atoms with van der Waals surface area (Å²) in [6, 6.07) is 18.6. The summed E-state index contributed by atoms with van der Waals surface area (Å²) in [5.41, 5.74) is 10.8. The molecular weight excluding hydrogens is 554 g/mol. The number of aromatic nitrogens is 2. The molecule has 5 aromatic rings. The molecule has 0 saturated heterocycles. The first-order valence-electron chi connectivity index (χ1n) is 12.2. The van der Waals surface area contributed by atoms with Crippen molar-refractivity contribution in [2.75, 3.05) is 16.2 Å². The number of nitrogens with one attached hydrogen (secondary N) is 1. The highest BCUT2D eigenvalue weighted by Gasteiger charge is 2.15. The van der Waals surface area contributed by atoms with Crippen LogP contribution >= 0.6 is 0 Å². The van der Waals surface area contributed by atoms with Crippen molar-refractivity contribution in [3.05, 3.63) is 96.3 Å². The van der Waals surface area contributed by atoms with E-state index in [1.54, 1.807) is 50.4 Å². The zero-order chi connectivity index (χ0) is 28.6. The van der Waals surface area contributed by atoms with Crippen molar-refractivity contribution in [3.8, 4) is 22.3 Å². The van der Waals surface area contributed by atoms with E-state index in [4.69, 9.17) is 5.73 Å². The second-order valence-corrected chi connectivity index (χ2v) is 12.5. The average molecular weight is 579 g/mol. The molecule has 1 atom stereocenters. The van der Waals surface area contributed by atoms with Crippen LogP contribution in [-0.2, 0) is 20.8 Å². The van der Waals surface area contributed by atoms with E-state index in [0.29, 0.717) is 39.9 Å². The van der Waals surface area contributed by atoms with Gasteiger partial charge in [-0.2, -0.15) is 0 Å². The molecule has 0 saturated carbocycles. The van der Waals surface area contributed by atoms with Crippen LogP contribution in [0.25, 0.3) is 33.2 Å². The average Bonchev–Trinajstić information content (AvgIpc) is 2.93. The molecule has 3 aromatic carbocycles. The number of nitrogen functional groups attached to an aromatic ring is 1. The molecule has 0 aliphatic rings. The summed E-state index contributed by atoms with van der Waals surface area (Å²) in [6.45, 7) is 3.32. The fraction of sp³-hybridized carbons (Fsp3) is 0.103. The Morgan fingerprint density at radius 3 is 2.35 bits per heavy atom. The Labute approximate surface area is 232 Å². The Bertz CT molecular complexity index is 1900. The summed E-state index contributed by atoms with van der Waals surface area (Å²) in [5.74, 6) is -1.34. The monoisotopic (exact) mass is 578 g/mol. The van der Waals surface area contributed by atoms with Gasteiger partial charge in [-0.3, -0.25) is 9.71 Å². The first-order valence-corrected chi connectivity index (χ1v) is 15.0. The predicted molar refractivity (Wildman–Crippen MR) is 154 cm³/mol. The van der Waals surface area contributed by atoms with Crippen LogP contribution in [0.1, 0.15) is 12.6 Å². The SMILES string of the molecule is CCS(=O)(=O)c1ccc(-c2cc3cc(-c4cnc(C)c(NS(=O)c5ccc(F)cc5F)c4)ccc3nc2N)cc1. The van der Waals surface area contributed by atoms with Gasteiger partial charge in [-0.25, -0.2) is 26.4 Å². The highest BCUT2D eigenvalue weighted by molar-refractivity contribution is 7.91. The number of nitrogens with zero attached hydrogens (tertiary/aromatic N) is 2. The molecule has 204 valence electrons. The first kappa shape index (κ1) is 27.4. The lowest BCUT2D eigenvalue weighted by molar-refractivity contribution is 0.562. The van der Waals surface area contributed by atoms with Gasteiger partial charge in [0.15, 0.2) is 20.8 Å². The normalized spacial score (nSPS) is 12.4. The van der Waals surface area contributed by atoms with E-state index >= 15 is 0 Å². The third-order valence-electron chi connectivity index (χ3n) is 6.47. The summed E-state index contributed by atoms with van der Waals surface area (Å²) in [6.07, 6.45) is 1.67. The molecule has 2 aromatic heterocycles. The van der Waals surface area contributed by atoms with E-state index in [0.717, 1.165) is 28.6 Å². The van der Waals surface area contributed by atoms with E-state index in [1.165, 1.54) is 0 Å². The van der Waals surface area contributed by atoms with Gasteiger partial charge in [0, 0.05) is 28.8 Å². The molecule has 2 heterocycles. The van der Waals surface area contributed by atoms with Crippen LogP contribution in [0.2, 0.25) is 0 Å². The molecule has 7 nitrogen and oxygen atoms in total. The van der Waals surface area contributed by atoms with Crippen LogP contribution in [0.4, 0.5) is 20.3 Å². The van der Waals surface area contributed by atoms with Crippen molar-refractivity contribution in [1.29, 1.82) is 0 Å². The van der Waals surface area contributed by atoms with E-state index in [9.17, 15) is 21.4 Å². The van der Waals surface area contributed by atoms with Gasteiger partial charge in [-0.15, -0.1) is 0 Å². The maximum atomic E-state index is 14.1. The van der Waals surface area contributed by atoms with Crippen LogP contribution in [0, 0.1) is 18.6 Å². The maximum absolute atomic E-state index is 14.1. The molecule has 3 N–H and O–H groups in total. The molecule has 0 radical (unpaired) electrons. The topological polar surface area (TPSA) is 115 Å². The minimum atomic E-state index is -3.32. The molecule has 0 spiro atoms. The van der Waals surface area contributed by atoms with Crippen molar-refractivity contribution in [3.63, 3.8) is 0 Å². The quantitative estimate of drug-likeness (QED) is 0.243. The van der Waals surface area contributed by atoms with Gasteiger partial charge < -0.3 is 5.73 Å². The van der Waals surface area contributed by atoms with Gasteiger partial charge in [0.2, 0.25) is 0 Å². The van der Waals surface area contributed by atoms with Crippen LogP contribution in [0.3, 0.4) is 0 Å². The van der Waals surface area contributed by atoms with Crippen LogP contribution in [0.15, 0.2) is 88.8 Å².